The summed E-state index contributed by atoms with van der Waals surface area (Å²) in [5.74, 6) is -1.99. The van der Waals surface area contributed by atoms with Crippen molar-refractivity contribution in [2.75, 3.05) is 6.61 Å². The molecule has 0 unspecified atom stereocenters. The van der Waals surface area contributed by atoms with E-state index in [0.29, 0.717) is 12.0 Å². The van der Waals surface area contributed by atoms with E-state index in [2.05, 4.69) is 10.1 Å². The molecule has 3 aromatic heterocycles. The minimum absolute atomic E-state index is 0.0771. The van der Waals surface area contributed by atoms with E-state index in [1.165, 1.54) is 0 Å². The molecule has 0 amide bonds. The van der Waals surface area contributed by atoms with Gasteiger partial charge in [-0.25, -0.2) is 9.37 Å². The number of pyridine rings is 1. The Morgan fingerprint density at radius 3 is 2.60 bits per heavy atom. The minimum Gasteiger partial charge on any atom is -0.489 e. The highest BCUT2D eigenvalue weighted by Gasteiger charge is 2.18. The van der Waals surface area contributed by atoms with E-state index in [0.717, 1.165) is 46.3 Å². The second-order valence-electron chi connectivity index (χ2n) is 7.36. The summed E-state index contributed by atoms with van der Waals surface area (Å²) in [6.07, 6.45) is 5.08. The van der Waals surface area contributed by atoms with E-state index >= 15 is 0 Å². The van der Waals surface area contributed by atoms with E-state index in [9.17, 15) is 8.78 Å². The molecule has 0 atom stereocenters. The fourth-order valence-electron chi connectivity index (χ4n) is 3.79. The number of fused-ring (bicyclic) bond motifs is 1. The molecule has 0 aliphatic rings. The van der Waals surface area contributed by atoms with Crippen LogP contribution in [0.5, 0.6) is 5.75 Å². The molecule has 3 heterocycles. The molecular weight excluding hydrogens is 386 g/mol. The lowest BCUT2D eigenvalue weighted by Gasteiger charge is -2.14. The van der Waals surface area contributed by atoms with Crippen LogP contribution < -0.4 is 4.74 Å². The van der Waals surface area contributed by atoms with Gasteiger partial charge in [0.1, 0.15) is 5.65 Å². The fraction of sp³-hybridized carbons (Fsp3) is 0.304. The first-order chi connectivity index (χ1) is 14.4. The lowest BCUT2D eigenvalue weighted by atomic mass is 10.1. The lowest BCUT2D eigenvalue weighted by Crippen LogP contribution is -2.07. The van der Waals surface area contributed by atoms with Gasteiger partial charge in [-0.3, -0.25) is 4.68 Å². The van der Waals surface area contributed by atoms with Gasteiger partial charge in [-0.05, 0) is 50.1 Å². The van der Waals surface area contributed by atoms with Crippen molar-refractivity contribution in [2.45, 2.75) is 33.6 Å². The third kappa shape index (κ3) is 3.44. The maximum atomic E-state index is 14.7. The van der Waals surface area contributed by atoms with Crippen LogP contribution >= 0.6 is 0 Å². The van der Waals surface area contributed by atoms with Gasteiger partial charge in [0.25, 0.3) is 0 Å². The standard InChI is InChI=1S/C23H24F2N4O/c1-5-17-12-26-21-9-6-16(13-29(17)21)19-7-8-20(24)22(25)23(19)30-11-10-18-14(2)27-28(4)15(18)3/h6-9,12-13H,5,10-11H2,1-4H3. The van der Waals surface area contributed by atoms with E-state index in [1.54, 1.807) is 6.07 Å². The van der Waals surface area contributed by atoms with Crippen LogP contribution in [0.15, 0.2) is 36.7 Å². The molecule has 0 aliphatic carbocycles. The van der Waals surface area contributed by atoms with Crippen LogP contribution in [0.25, 0.3) is 16.8 Å². The summed E-state index contributed by atoms with van der Waals surface area (Å²) in [5, 5.41) is 4.39. The molecule has 0 saturated carbocycles. The van der Waals surface area contributed by atoms with Crippen molar-refractivity contribution in [1.29, 1.82) is 0 Å². The number of halogens is 2. The summed E-state index contributed by atoms with van der Waals surface area (Å²) >= 11 is 0. The van der Waals surface area contributed by atoms with Gasteiger partial charge in [0, 0.05) is 48.4 Å². The molecule has 7 heteroatoms. The normalized spacial score (nSPS) is 11.4. The number of imidazole rings is 1. The Kier molecular flexibility index (Phi) is 5.28. The summed E-state index contributed by atoms with van der Waals surface area (Å²) in [7, 11) is 1.88. The molecule has 4 aromatic rings. The topological polar surface area (TPSA) is 44.4 Å². The maximum absolute atomic E-state index is 14.7. The lowest BCUT2D eigenvalue weighted by molar-refractivity contribution is 0.300. The molecule has 0 saturated heterocycles. The number of aromatic nitrogens is 4. The highest BCUT2D eigenvalue weighted by atomic mass is 19.2. The molecule has 0 bridgehead atoms. The van der Waals surface area contributed by atoms with Crippen LogP contribution in [-0.2, 0) is 19.9 Å². The zero-order chi connectivity index (χ0) is 21.4. The Labute approximate surface area is 173 Å². The highest BCUT2D eigenvalue weighted by molar-refractivity contribution is 5.71. The molecule has 4 rings (SSSR count). The van der Waals surface area contributed by atoms with Crippen LogP contribution in [0.3, 0.4) is 0 Å². The SMILES string of the molecule is CCc1cnc2ccc(-c3ccc(F)c(F)c3OCCc3c(C)nn(C)c3C)cn12. The van der Waals surface area contributed by atoms with Crippen molar-refractivity contribution < 1.29 is 13.5 Å². The van der Waals surface area contributed by atoms with Gasteiger partial charge in [-0.15, -0.1) is 0 Å². The third-order valence-electron chi connectivity index (χ3n) is 5.56. The smallest absolute Gasteiger partial charge is 0.201 e. The summed E-state index contributed by atoms with van der Waals surface area (Å²) < 4.78 is 38.3. The zero-order valence-corrected chi connectivity index (χ0v) is 17.5. The number of nitrogens with zero attached hydrogens (tertiary/aromatic N) is 4. The van der Waals surface area contributed by atoms with Crippen LogP contribution in [0.4, 0.5) is 8.78 Å². The number of aryl methyl sites for hydroxylation is 3. The van der Waals surface area contributed by atoms with E-state index in [1.807, 2.05) is 61.4 Å². The number of benzene rings is 1. The van der Waals surface area contributed by atoms with Crippen LogP contribution in [0.1, 0.15) is 29.6 Å². The number of rotatable bonds is 6. The largest absolute Gasteiger partial charge is 0.489 e. The van der Waals surface area contributed by atoms with Crippen molar-refractivity contribution in [2.24, 2.45) is 7.05 Å². The van der Waals surface area contributed by atoms with Gasteiger partial charge in [-0.1, -0.05) is 6.92 Å². The maximum Gasteiger partial charge on any atom is 0.201 e. The van der Waals surface area contributed by atoms with Crippen LogP contribution in [0, 0.1) is 25.5 Å². The molecule has 0 fully saturated rings. The Hall–Kier alpha value is -3.22. The zero-order valence-electron chi connectivity index (χ0n) is 17.5. The van der Waals surface area contributed by atoms with Gasteiger partial charge in [0.05, 0.1) is 12.3 Å². The van der Waals surface area contributed by atoms with Gasteiger partial charge in [0.15, 0.2) is 11.6 Å². The second-order valence-corrected chi connectivity index (χ2v) is 7.36. The van der Waals surface area contributed by atoms with Crippen LogP contribution in [0.2, 0.25) is 0 Å². The first-order valence-electron chi connectivity index (χ1n) is 9.97. The number of hydrogen-bond acceptors (Lipinski definition) is 3. The molecule has 5 nitrogen and oxygen atoms in total. The summed E-state index contributed by atoms with van der Waals surface area (Å²) in [6.45, 7) is 6.18. The van der Waals surface area contributed by atoms with E-state index < -0.39 is 11.6 Å². The molecule has 0 aliphatic heterocycles. The first kappa shape index (κ1) is 20.1. The van der Waals surface area contributed by atoms with Crippen molar-refractivity contribution in [3.8, 4) is 16.9 Å². The van der Waals surface area contributed by atoms with Crippen molar-refractivity contribution in [1.82, 2.24) is 19.2 Å². The predicted molar refractivity (Wildman–Crippen MR) is 112 cm³/mol. The molecule has 30 heavy (non-hydrogen) atoms. The average Bonchev–Trinajstić information content (AvgIpc) is 3.25. The number of ether oxygens (including phenoxy) is 1. The Balaban J connectivity index is 1.67. The molecule has 1 aromatic carbocycles. The monoisotopic (exact) mass is 410 g/mol. The van der Waals surface area contributed by atoms with Gasteiger partial charge >= 0.3 is 0 Å². The Bertz CT molecular complexity index is 1230. The number of hydrogen-bond donors (Lipinski definition) is 0. The van der Waals surface area contributed by atoms with Gasteiger partial charge < -0.3 is 9.14 Å². The summed E-state index contributed by atoms with van der Waals surface area (Å²) in [6, 6.07) is 6.39. The highest BCUT2D eigenvalue weighted by Crippen LogP contribution is 2.34. The second kappa shape index (κ2) is 7.89. The van der Waals surface area contributed by atoms with Gasteiger partial charge in [0.2, 0.25) is 5.82 Å². The van der Waals surface area contributed by atoms with Crippen LogP contribution in [-0.4, -0.2) is 25.8 Å². The Morgan fingerprint density at radius 1 is 1.10 bits per heavy atom. The van der Waals surface area contributed by atoms with Crippen molar-refractivity contribution in [3.63, 3.8) is 0 Å². The summed E-state index contributed by atoms with van der Waals surface area (Å²) in [5.41, 5.74) is 6.10. The predicted octanol–water partition coefficient (Wildman–Crippen LogP) is 4.81. The van der Waals surface area contributed by atoms with Gasteiger partial charge in [-0.2, -0.15) is 9.49 Å². The summed E-state index contributed by atoms with van der Waals surface area (Å²) in [4.78, 5) is 4.37. The molecular formula is C23H24F2N4O. The van der Waals surface area contributed by atoms with Crippen molar-refractivity contribution in [3.05, 3.63) is 70.9 Å². The molecule has 156 valence electrons. The quantitative estimate of drug-likeness (QED) is 0.458. The average molecular weight is 410 g/mol. The third-order valence-corrected chi connectivity index (χ3v) is 5.56. The van der Waals surface area contributed by atoms with E-state index in [4.69, 9.17) is 4.74 Å². The van der Waals surface area contributed by atoms with Crippen molar-refractivity contribution >= 4 is 5.65 Å². The van der Waals surface area contributed by atoms with E-state index in [-0.39, 0.29) is 12.4 Å². The minimum atomic E-state index is -0.978. The fourth-order valence-corrected chi connectivity index (χ4v) is 3.79. The molecule has 0 radical (unpaired) electrons. The molecule has 0 N–H and O–H groups in total. The molecule has 0 spiro atoms. The Morgan fingerprint density at radius 2 is 1.90 bits per heavy atom. The first-order valence-corrected chi connectivity index (χ1v) is 9.97.